The van der Waals surface area contributed by atoms with E-state index in [1.54, 1.807) is 0 Å². The highest BCUT2D eigenvalue weighted by Gasteiger charge is 2.15. The summed E-state index contributed by atoms with van der Waals surface area (Å²) in [5.74, 6) is 0.118. The highest BCUT2D eigenvalue weighted by molar-refractivity contribution is 6.31. The SMILES string of the molecule is O=C(CCn1ncc2ccc(Cl)cc21)NC1CCCCC1. The Hall–Kier alpha value is -1.55. The molecule has 1 aromatic carbocycles. The quantitative estimate of drug-likeness (QED) is 0.939. The lowest BCUT2D eigenvalue weighted by molar-refractivity contribution is -0.122. The van der Waals surface area contributed by atoms with E-state index in [1.165, 1.54) is 19.3 Å². The summed E-state index contributed by atoms with van der Waals surface area (Å²) < 4.78 is 1.85. The van der Waals surface area contributed by atoms with Crippen molar-refractivity contribution in [3.8, 4) is 0 Å². The summed E-state index contributed by atoms with van der Waals surface area (Å²) in [4.78, 5) is 12.0. The Kier molecular flexibility index (Phi) is 4.44. The third-order valence-corrected chi connectivity index (χ3v) is 4.36. The molecule has 0 bridgehead atoms. The van der Waals surface area contributed by atoms with Crippen molar-refractivity contribution in [1.82, 2.24) is 15.1 Å². The third kappa shape index (κ3) is 3.56. The van der Waals surface area contributed by atoms with E-state index < -0.39 is 0 Å². The first-order valence-corrected chi connectivity index (χ1v) is 8.00. The molecule has 0 spiro atoms. The number of nitrogens with zero attached hydrogens (tertiary/aromatic N) is 2. The molecule has 2 aromatic rings. The van der Waals surface area contributed by atoms with Crippen molar-refractivity contribution < 1.29 is 4.79 Å². The predicted octanol–water partition coefficient (Wildman–Crippen LogP) is 3.53. The molecule has 4 nitrogen and oxygen atoms in total. The zero-order valence-corrected chi connectivity index (χ0v) is 12.8. The number of hydrogen-bond acceptors (Lipinski definition) is 2. The van der Waals surface area contributed by atoms with Crippen molar-refractivity contribution in [1.29, 1.82) is 0 Å². The lowest BCUT2D eigenvalue weighted by Gasteiger charge is -2.22. The standard InChI is InChI=1S/C16H20ClN3O/c17-13-7-6-12-11-18-20(15(12)10-13)9-8-16(21)19-14-4-2-1-3-5-14/h6-7,10-11,14H,1-5,8-9H2,(H,19,21). The molecule has 0 unspecified atom stereocenters. The maximum Gasteiger partial charge on any atom is 0.222 e. The molecule has 1 aliphatic carbocycles. The van der Waals surface area contributed by atoms with E-state index >= 15 is 0 Å². The molecule has 0 radical (unpaired) electrons. The normalized spacial score (nSPS) is 16.2. The van der Waals surface area contributed by atoms with Crippen LogP contribution in [0.5, 0.6) is 0 Å². The van der Waals surface area contributed by atoms with Gasteiger partial charge < -0.3 is 5.32 Å². The van der Waals surface area contributed by atoms with Crippen LogP contribution < -0.4 is 5.32 Å². The van der Waals surface area contributed by atoms with Crippen LogP contribution in [0.2, 0.25) is 5.02 Å². The molecule has 1 amide bonds. The van der Waals surface area contributed by atoms with Gasteiger partial charge >= 0.3 is 0 Å². The number of aryl methyl sites for hydroxylation is 1. The van der Waals surface area contributed by atoms with E-state index in [0.717, 1.165) is 23.7 Å². The van der Waals surface area contributed by atoms with Crippen LogP contribution >= 0.6 is 11.6 Å². The van der Waals surface area contributed by atoms with Gasteiger partial charge in [-0.25, -0.2) is 0 Å². The van der Waals surface area contributed by atoms with Gasteiger partial charge in [0.25, 0.3) is 0 Å². The van der Waals surface area contributed by atoms with Crippen LogP contribution in [0.1, 0.15) is 38.5 Å². The second-order valence-corrected chi connectivity index (χ2v) is 6.16. The van der Waals surface area contributed by atoms with E-state index in [2.05, 4.69) is 10.4 Å². The van der Waals surface area contributed by atoms with Crippen LogP contribution in [0.25, 0.3) is 10.9 Å². The molecule has 1 aromatic heterocycles. The van der Waals surface area contributed by atoms with E-state index in [-0.39, 0.29) is 5.91 Å². The molecule has 1 heterocycles. The Labute approximate surface area is 129 Å². The highest BCUT2D eigenvalue weighted by atomic mass is 35.5. The minimum Gasteiger partial charge on any atom is -0.353 e. The van der Waals surface area contributed by atoms with Gasteiger partial charge in [-0.2, -0.15) is 5.10 Å². The number of benzene rings is 1. The zero-order chi connectivity index (χ0) is 14.7. The second-order valence-electron chi connectivity index (χ2n) is 5.72. The van der Waals surface area contributed by atoms with Gasteiger partial charge in [-0.1, -0.05) is 30.9 Å². The maximum absolute atomic E-state index is 12.0. The van der Waals surface area contributed by atoms with Crippen molar-refractivity contribution in [3.63, 3.8) is 0 Å². The molecule has 5 heteroatoms. The molecule has 1 saturated carbocycles. The lowest BCUT2D eigenvalue weighted by atomic mass is 9.95. The van der Waals surface area contributed by atoms with Gasteiger partial charge in [0.2, 0.25) is 5.91 Å². The molecule has 0 atom stereocenters. The molecule has 1 aliphatic rings. The number of hydrogen-bond donors (Lipinski definition) is 1. The summed E-state index contributed by atoms with van der Waals surface area (Å²) in [7, 11) is 0. The van der Waals surface area contributed by atoms with Gasteiger partial charge in [0.05, 0.1) is 18.3 Å². The second kappa shape index (κ2) is 6.48. The highest BCUT2D eigenvalue weighted by Crippen LogP contribution is 2.20. The van der Waals surface area contributed by atoms with Crippen molar-refractivity contribution in [2.75, 3.05) is 0 Å². The van der Waals surface area contributed by atoms with Crippen LogP contribution in [0.15, 0.2) is 24.4 Å². The molecule has 112 valence electrons. The van der Waals surface area contributed by atoms with Crippen molar-refractivity contribution >= 4 is 28.4 Å². The average molecular weight is 306 g/mol. The van der Waals surface area contributed by atoms with Crippen molar-refractivity contribution in [3.05, 3.63) is 29.4 Å². The average Bonchev–Trinajstić information content (AvgIpc) is 2.88. The largest absolute Gasteiger partial charge is 0.353 e. The Balaban J connectivity index is 1.58. The monoisotopic (exact) mass is 305 g/mol. The molecular formula is C16H20ClN3O. The number of aromatic nitrogens is 2. The van der Waals surface area contributed by atoms with Crippen LogP contribution in [-0.2, 0) is 11.3 Å². The van der Waals surface area contributed by atoms with Gasteiger partial charge in [0, 0.05) is 22.9 Å². The van der Waals surface area contributed by atoms with Crippen LogP contribution in [0, 0.1) is 0 Å². The van der Waals surface area contributed by atoms with Gasteiger partial charge in [-0.05, 0) is 31.0 Å². The van der Waals surface area contributed by atoms with Gasteiger partial charge in [-0.3, -0.25) is 9.48 Å². The Morgan fingerprint density at radius 1 is 1.33 bits per heavy atom. The molecule has 0 aliphatic heterocycles. The summed E-state index contributed by atoms with van der Waals surface area (Å²) in [5, 5.41) is 9.21. The fourth-order valence-electron chi connectivity index (χ4n) is 2.98. The number of halogens is 1. The first kappa shape index (κ1) is 14.4. The van der Waals surface area contributed by atoms with Gasteiger partial charge in [0.15, 0.2) is 0 Å². The summed E-state index contributed by atoms with van der Waals surface area (Å²) in [5.41, 5.74) is 0.980. The molecule has 0 saturated heterocycles. The summed E-state index contributed by atoms with van der Waals surface area (Å²) >= 11 is 6.02. The summed E-state index contributed by atoms with van der Waals surface area (Å²) in [6, 6.07) is 6.06. The first-order chi connectivity index (χ1) is 10.2. The predicted molar refractivity (Wildman–Crippen MR) is 84.4 cm³/mol. The molecule has 1 fully saturated rings. The Morgan fingerprint density at radius 3 is 2.95 bits per heavy atom. The lowest BCUT2D eigenvalue weighted by Crippen LogP contribution is -2.36. The zero-order valence-electron chi connectivity index (χ0n) is 12.0. The third-order valence-electron chi connectivity index (χ3n) is 4.13. The topological polar surface area (TPSA) is 46.9 Å². The van der Waals surface area contributed by atoms with E-state index in [1.807, 2.05) is 29.1 Å². The fraction of sp³-hybridized carbons (Fsp3) is 0.500. The number of carbonyl (C=O) groups excluding carboxylic acids is 1. The summed E-state index contributed by atoms with van der Waals surface area (Å²) in [6.45, 7) is 0.586. The van der Waals surface area contributed by atoms with Gasteiger partial charge in [0.1, 0.15) is 0 Å². The molecule has 1 N–H and O–H groups in total. The van der Waals surface area contributed by atoms with Crippen LogP contribution in [-0.4, -0.2) is 21.7 Å². The molecule has 21 heavy (non-hydrogen) atoms. The number of fused-ring (bicyclic) bond motifs is 1. The molecule has 3 rings (SSSR count). The number of amides is 1. The number of carbonyl (C=O) groups is 1. The minimum absolute atomic E-state index is 0.118. The van der Waals surface area contributed by atoms with Crippen molar-refractivity contribution in [2.24, 2.45) is 0 Å². The first-order valence-electron chi connectivity index (χ1n) is 7.63. The summed E-state index contributed by atoms with van der Waals surface area (Å²) in [6.07, 6.45) is 8.26. The Bertz CT molecular complexity index is 631. The molecular weight excluding hydrogens is 286 g/mol. The number of nitrogens with one attached hydrogen (secondary N) is 1. The maximum atomic E-state index is 12.0. The number of rotatable bonds is 4. The van der Waals surface area contributed by atoms with Crippen LogP contribution in [0.4, 0.5) is 0 Å². The Morgan fingerprint density at radius 2 is 2.14 bits per heavy atom. The smallest absolute Gasteiger partial charge is 0.222 e. The van der Waals surface area contributed by atoms with E-state index in [0.29, 0.717) is 24.0 Å². The van der Waals surface area contributed by atoms with Crippen LogP contribution in [0.3, 0.4) is 0 Å². The van der Waals surface area contributed by atoms with E-state index in [9.17, 15) is 4.79 Å². The fourth-order valence-corrected chi connectivity index (χ4v) is 3.14. The van der Waals surface area contributed by atoms with Gasteiger partial charge in [-0.15, -0.1) is 0 Å². The minimum atomic E-state index is 0.118. The van der Waals surface area contributed by atoms with Crippen molar-refractivity contribution in [2.45, 2.75) is 51.1 Å². The van der Waals surface area contributed by atoms with E-state index in [4.69, 9.17) is 11.6 Å².